The normalized spacial score (nSPS) is 11.1. The third kappa shape index (κ3) is 4.04. The molecule has 0 aliphatic rings. The molecule has 0 bridgehead atoms. The number of nitrogens with one attached hydrogen (secondary N) is 1. The maximum Gasteiger partial charge on any atom is 0.261 e. The summed E-state index contributed by atoms with van der Waals surface area (Å²) in [5.41, 5.74) is 0.799. The molecule has 0 unspecified atom stereocenters. The molecule has 0 aliphatic carbocycles. The molecule has 2 N–H and O–H groups in total. The lowest BCUT2D eigenvalue weighted by Crippen LogP contribution is -2.21. The van der Waals surface area contributed by atoms with Crippen LogP contribution in [-0.2, 0) is 20.0 Å². The molecular weight excluding hydrogens is 424 g/mol. The summed E-state index contributed by atoms with van der Waals surface area (Å²) in [6.45, 7) is 0.307. The molecule has 0 fully saturated rings. The molecule has 9 heteroatoms. The molecule has 31 heavy (non-hydrogen) atoms. The highest BCUT2D eigenvalue weighted by atomic mass is 32.1. The average molecular weight is 441 g/mol. The standard InChI is InChI=1S/C22H17F2N3O3S/c1-27-21(30)14(8-13-2-3-16(23)17(24)9-13)19(28)15-10-18(31-22(15)27)20(29)26-11-12-4-6-25-7-5-12/h2-7,9-10,28H,8,11H2,1H3,(H,26,29). The lowest BCUT2D eigenvalue weighted by Gasteiger charge is -2.09. The Morgan fingerprint density at radius 1 is 1.13 bits per heavy atom. The van der Waals surface area contributed by atoms with Crippen LogP contribution in [0.3, 0.4) is 0 Å². The Hall–Kier alpha value is -3.59. The maximum atomic E-state index is 13.5. The first kappa shape index (κ1) is 20.7. The first-order chi connectivity index (χ1) is 14.8. The van der Waals surface area contributed by atoms with Gasteiger partial charge in [-0.05, 0) is 41.5 Å². The summed E-state index contributed by atoms with van der Waals surface area (Å²) in [6.07, 6.45) is 3.18. The zero-order chi connectivity index (χ0) is 22.1. The van der Waals surface area contributed by atoms with Crippen molar-refractivity contribution in [3.63, 3.8) is 0 Å². The van der Waals surface area contributed by atoms with Gasteiger partial charge < -0.3 is 15.0 Å². The summed E-state index contributed by atoms with van der Waals surface area (Å²) in [5.74, 6) is -2.63. The third-order valence-corrected chi connectivity index (χ3v) is 6.12. The van der Waals surface area contributed by atoms with Crippen LogP contribution < -0.4 is 10.9 Å². The number of hydrogen-bond donors (Lipinski definition) is 2. The van der Waals surface area contributed by atoms with Crippen molar-refractivity contribution in [1.82, 2.24) is 14.9 Å². The number of benzene rings is 1. The number of carbonyl (C=O) groups excluding carboxylic acids is 1. The molecule has 0 radical (unpaired) electrons. The summed E-state index contributed by atoms with van der Waals surface area (Å²) in [7, 11) is 1.54. The van der Waals surface area contributed by atoms with E-state index in [1.807, 2.05) is 0 Å². The molecule has 4 rings (SSSR count). The summed E-state index contributed by atoms with van der Waals surface area (Å²) in [4.78, 5) is 30.1. The van der Waals surface area contributed by atoms with Gasteiger partial charge in [0, 0.05) is 32.4 Å². The Morgan fingerprint density at radius 2 is 1.87 bits per heavy atom. The molecule has 0 atom stereocenters. The fraction of sp³-hybridized carbons (Fsp3) is 0.136. The molecule has 4 aromatic rings. The van der Waals surface area contributed by atoms with E-state index in [0.717, 1.165) is 29.0 Å². The molecule has 6 nitrogen and oxygen atoms in total. The summed E-state index contributed by atoms with van der Waals surface area (Å²) < 4.78 is 28.1. The number of fused-ring (bicyclic) bond motifs is 1. The predicted octanol–water partition coefficient (Wildman–Crippen LogP) is 3.50. The number of hydrogen-bond acceptors (Lipinski definition) is 5. The Balaban J connectivity index is 1.66. The quantitative estimate of drug-likeness (QED) is 0.497. The van der Waals surface area contributed by atoms with Gasteiger partial charge >= 0.3 is 0 Å². The van der Waals surface area contributed by atoms with Gasteiger partial charge in [-0.2, -0.15) is 0 Å². The van der Waals surface area contributed by atoms with Crippen molar-refractivity contribution in [1.29, 1.82) is 0 Å². The van der Waals surface area contributed by atoms with E-state index in [9.17, 15) is 23.5 Å². The summed E-state index contributed by atoms with van der Waals surface area (Å²) in [5, 5.41) is 13.9. The number of rotatable bonds is 5. The highest BCUT2D eigenvalue weighted by molar-refractivity contribution is 7.20. The molecule has 1 aromatic carbocycles. The molecule has 0 saturated heterocycles. The van der Waals surface area contributed by atoms with Crippen molar-refractivity contribution in [2.24, 2.45) is 7.05 Å². The van der Waals surface area contributed by atoms with Crippen molar-refractivity contribution in [3.8, 4) is 5.75 Å². The molecule has 0 spiro atoms. The highest BCUT2D eigenvalue weighted by Crippen LogP contribution is 2.33. The number of aryl methyl sites for hydroxylation is 1. The maximum absolute atomic E-state index is 13.5. The molecule has 158 valence electrons. The van der Waals surface area contributed by atoms with Crippen LogP contribution in [-0.4, -0.2) is 20.6 Å². The van der Waals surface area contributed by atoms with Crippen LogP contribution in [0, 0.1) is 11.6 Å². The van der Waals surface area contributed by atoms with Gasteiger partial charge in [-0.3, -0.25) is 14.6 Å². The number of aromatic hydroxyl groups is 1. The molecule has 0 aliphatic heterocycles. The number of thiophene rings is 1. The van der Waals surface area contributed by atoms with E-state index in [1.165, 1.54) is 23.7 Å². The Kier molecular flexibility index (Phi) is 5.51. The largest absolute Gasteiger partial charge is 0.507 e. The Morgan fingerprint density at radius 3 is 2.58 bits per heavy atom. The van der Waals surface area contributed by atoms with Gasteiger partial charge in [-0.25, -0.2) is 8.78 Å². The zero-order valence-corrected chi connectivity index (χ0v) is 17.2. The van der Waals surface area contributed by atoms with Crippen LogP contribution >= 0.6 is 11.3 Å². The summed E-state index contributed by atoms with van der Waals surface area (Å²) in [6, 6.07) is 8.40. The minimum absolute atomic E-state index is 0.0440. The van der Waals surface area contributed by atoms with E-state index < -0.39 is 17.2 Å². The number of nitrogens with zero attached hydrogens (tertiary/aromatic N) is 2. The molecular formula is C22H17F2N3O3S. The van der Waals surface area contributed by atoms with Crippen LogP contribution in [0.5, 0.6) is 5.75 Å². The van der Waals surface area contributed by atoms with Crippen LogP contribution in [0.15, 0.2) is 53.6 Å². The Bertz CT molecular complexity index is 1350. The van der Waals surface area contributed by atoms with E-state index in [0.29, 0.717) is 27.2 Å². The summed E-state index contributed by atoms with van der Waals surface area (Å²) >= 11 is 1.08. The van der Waals surface area contributed by atoms with Crippen molar-refractivity contribution in [3.05, 3.63) is 92.3 Å². The average Bonchev–Trinajstić information content (AvgIpc) is 3.23. The van der Waals surface area contributed by atoms with Gasteiger partial charge in [-0.15, -0.1) is 11.3 Å². The fourth-order valence-corrected chi connectivity index (χ4v) is 4.29. The second-order valence-electron chi connectivity index (χ2n) is 6.98. The highest BCUT2D eigenvalue weighted by Gasteiger charge is 2.20. The van der Waals surface area contributed by atoms with Crippen molar-refractivity contribution in [2.75, 3.05) is 0 Å². The van der Waals surface area contributed by atoms with Gasteiger partial charge in [0.05, 0.1) is 15.8 Å². The number of amides is 1. The first-order valence-corrected chi connectivity index (χ1v) is 10.1. The number of halogens is 2. The fourth-order valence-electron chi connectivity index (χ4n) is 3.25. The minimum Gasteiger partial charge on any atom is -0.507 e. The van der Waals surface area contributed by atoms with Gasteiger partial charge in [0.2, 0.25) is 0 Å². The van der Waals surface area contributed by atoms with Crippen molar-refractivity contribution in [2.45, 2.75) is 13.0 Å². The smallest absolute Gasteiger partial charge is 0.261 e. The predicted molar refractivity (Wildman–Crippen MR) is 113 cm³/mol. The lowest BCUT2D eigenvalue weighted by molar-refractivity contribution is 0.0955. The first-order valence-electron chi connectivity index (χ1n) is 9.30. The van der Waals surface area contributed by atoms with Crippen LogP contribution in [0.4, 0.5) is 8.78 Å². The second kappa shape index (κ2) is 8.27. The van der Waals surface area contributed by atoms with Crippen LogP contribution in [0.1, 0.15) is 26.4 Å². The van der Waals surface area contributed by atoms with E-state index in [-0.39, 0.29) is 23.6 Å². The molecule has 3 aromatic heterocycles. The number of carbonyl (C=O) groups is 1. The second-order valence-corrected chi connectivity index (χ2v) is 8.01. The molecule has 0 saturated carbocycles. The van der Waals surface area contributed by atoms with Crippen LogP contribution in [0.2, 0.25) is 0 Å². The number of pyridine rings is 2. The van der Waals surface area contributed by atoms with Gasteiger partial charge in [0.25, 0.3) is 11.5 Å². The SMILES string of the molecule is Cn1c(=O)c(Cc2ccc(F)c(F)c2)c(O)c2cc(C(=O)NCc3ccncc3)sc21. The van der Waals surface area contributed by atoms with E-state index in [4.69, 9.17) is 0 Å². The molecule has 3 heterocycles. The van der Waals surface area contributed by atoms with E-state index in [2.05, 4.69) is 10.3 Å². The van der Waals surface area contributed by atoms with Crippen molar-refractivity contribution >= 4 is 27.5 Å². The van der Waals surface area contributed by atoms with Gasteiger partial charge in [0.1, 0.15) is 10.6 Å². The lowest BCUT2D eigenvalue weighted by atomic mass is 10.0. The minimum atomic E-state index is -1.03. The van der Waals surface area contributed by atoms with Crippen LogP contribution in [0.25, 0.3) is 10.2 Å². The Labute approximate surface area is 179 Å². The third-order valence-electron chi connectivity index (χ3n) is 4.91. The van der Waals surface area contributed by atoms with Gasteiger partial charge in [-0.1, -0.05) is 6.07 Å². The monoisotopic (exact) mass is 441 g/mol. The zero-order valence-electron chi connectivity index (χ0n) is 16.4. The topological polar surface area (TPSA) is 84.2 Å². The van der Waals surface area contributed by atoms with Crippen molar-refractivity contribution < 1.29 is 18.7 Å². The number of aromatic nitrogens is 2. The van der Waals surface area contributed by atoms with E-state index >= 15 is 0 Å². The molecule has 1 amide bonds. The van der Waals surface area contributed by atoms with Gasteiger partial charge in [0.15, 0.2) is 11.6 Å². The van der Waals surface area contributed by atoms with E-state index in [1.54, 1.807) is 24.5 Å².